The van der Waals surface area contributed by atoms with Crippen LogP contribution < -0.4 is 5.46 Å². The van der Waals surface area contributed by atoms with Gasteiger partial charge in [-0.05, 0) is 43.8 Å². The molecule has 0 aliphatic carbocycles. The minimum Gasteiger partial charge on any atom is -0.444 e. The molecule has 1 heterocycles. The molecule has 6 heteroatoms. The van der Waals surface area contributed by atoms with Gasteiger partial charge in [-0.3, -0.25) is 0 Å². The van der Waals surface area contributed by atoms with Gasteiger partial charge in [-0.25, -0.2) is 4.79 Å². The molecule has 0 bridgehead atoms. The monoisotopic (exact) mass is 277 g/mol. The van der Waals surface area contributed by atoms with Gasteiger partial charge < -0.3 is 19.7 Å². The van der Waals surface area contributed by atoms with E-state index in [1.54, 1.807) is 17.0 Å². The molecule has 1 amide bonds. The van der Waals surface area contributed by atoms with Gasteiger partial charge in [-0.15, -0.1) is 0 Å². The Hall–Kier alpha value is -1.53. The second-order valence-corrected chi connectivity index (χ2v) is 6.05. The predicted octanol–water partition coefficient (Wildman–Crippen LogP) is 0.660. The number of hydrogen-bond donors (Lipinski definition) is 2. The highest BCUT2D eigenvalue weighted by atomic mass is 16.6. The van der Waals surface area contributed by atoms with Crippen molar-refractivity contribution in [2.45, 2.75) is 39.3 Å². The highest BCUT2D eigenvalue weighted by molar-refractivity contribution is 6.58. The highest BCUT2D eigenvalue weighted by Crippen LogP contribution is 2.20. The molecule has 2 rings (SSSR count). The van der Waals surface area contributed by atoms with Crippen molar-refractivity contribution in [3.63, 3.8) is 0 Å². The Morgan fingerprint density at radius 2 is 2.00 bits per heavy atom. The lowest BCUT2D eigenvalue weighted by Crippen LogP contribution is -2.40. The van der Waals surface area contributed by atoms with Gasteiger partial charge in [-0.2, -0.15) is 0 Å². The van der Waals surface area contributed by atoms with E-state index >= 15 is 0 Å². The predicted molar refractivity (Wildman–Crippen MR) is 76.6 cm³/mol. The van der Waals surface area contributed by atoms with Crippen LogP contribution in [-0.4, -0.2) is 40.3 Å². The van der Waals surface area contributed by atoms with E-state index in [4.69, 9.17) is 14.8 Å². The average Bonchev–Trinajstić information content (AvgIpc) is 2.35. The number of benzene rings is 1. The lowest BCUT2D eigenvalue weighted by molar-refractivity contribution is 0.0224. The Labute approximate surface area is 119 Å². The normalized spacial score (nSPS) is 14.8. The van der Waals surface area contributed by atoms with Crippen molar-refractivity contribution in [2.75, 3.05) is 6.54 Å². The summed E-state index contributed by atoms with van der Waals surface area (Å²) in [5, 5.41) is 18.3. The van der Waals surface area contributed by atoms with Gasteiger partial charge >= 0.3 is 13.2 Å². The molecule has 0 atom stereocenters. The average molecular weight is 277 g/mol. The fourth-order valence-electron chi connectivity index (χ4n) is 2.22. The van der Waals surface area contributed by atoms with Crippen molar-refractivity contribution >= 4 is 18.7 Å². The molecule has 0 unspecified atom stereocenters. The zero-order valence-electron chi connectivity index (χ0n) is 12.1. The van der Waals surface area contributed by atoms with Crippen LogP contribution in [0.5, 0.6) is 0 Å². The van der Waals surface area contributed by atoms with E-state index in [2.05, 4.69) is 0 Å². The van der Waals surface area contributed by atoms with Gasteiger partial charge in [0.25, 0.3) is 0 Å². The lowest BCUT2D eigenvalue weighted by atomic mass is 9.78. The summed E-state index contributed by atoms with van der Waals surface area (Å²) in [7, 11) is -1.45. The standard InChI is InChI=1S/C14H20BNO4/c1-14(2,3)20-13(17)16-7-6-10-8-12(15(18)19)5-4-11(10)9-16/h4-5,8,18-19H,6-7,9H2,1-3H3. The van der Waals surface area contributed by atoms with Crippen LogP contribution in [0, 0.1) is 0 Å². The maximum Gasteiger partial charge on any atom is 0.488 e. The molecule has 1 aliphatic rings. The van der Waals surface area contributed by atoms with Gasteiger partial charge in [0.15, 0.2) is 0 Å². The summed E-state index contributed by atoms with van der Waals surface area (Å²) in [5.41, 5.74) is 2.05. The minimum atomic E-state index is -1.45. The maximum absolute atomic E-state index is 12.0. The molecular formula is C14H20BNO4. The third kappa shape index (κ3) is 3.52. The van der Waals surface area contributed by atoms with Gasteiger partial charge in [0, 0.05) is 13.1 Å². The largest absolute Gasteiger partial charge is 0.488 e. The van der Waals surface area contributed by atoms with Crippen molar-refractivity contribution < 1.29 is 19.6 Å². The molecule has 0 radical (unpaired) electrons. The molecule has 1 aromatic carbocycles. The number of carbonyl (C=O) groups is 1. The first kappa shape index (κ1) is 14.9. The molecule has 0 aromatic heterocycles. The van der Waals surface area contributed by atoms with E-state index in [0.717, 1.165) is 11.1 Å². The number of rotatable bonds is 1. The SMILES string of the molecule is CC(C)(C)OC(=O)N1CCc2cc(B(O)O)ccc2C1. The van der Waals surface area contributed by atoms with E-state index in [1.165, 1.54) is 0 Å². The van der Waals surface area contributed by atoms with Crippen LogP contribution in [0.3, 0.4) is 0 Å². The Balaban J connectivity index is 2.10. The van der Waals surface area contributed by atoms with Crippen LogP contribution in [0.15, 0.2) is 18.2 Å². The summed E-state index contributed by atoms with van der Waals surface area (Å²) in [4.78, 5) is 13.7. The number of ether oxygens (including phenoxy) is 1. The highest BCUT2D eigenvalue weighted by Gasteiger charge is 2.26. The second kappa shape index (κ2) is 5.46. The third-order valence-electron chi connectivity index (χ3n) is 3.19. The van der Waals surface area contributed by atoms with E-state index in [0.29, 0.717) is 25.0 Å². The Morgan fingerprint density at radius 1 is 1.30 bits per heavy atom. The van der Waals surface area contributed by atoms with Crippen LogP contribution in [-0.2, 0) is 17.7 Å². The summed E-state index contributed by atoms with van der Waals surface area (Å²) >= 11 is 0. The first-order chi connectivity index (χ1) is 9.26. The zero-order chi connectivity index (χ0) is 14.9. The quantitative estimate of drug-likeness (QED) is 0.740. The molecule has 0 saturated heterocycles. The Kier molecular flexibility index (Phi) is 4.06. The molecule has 0 spiro atoms. The molecule has 0 saturated carbocycles. The third-order valence-corrected chi connectivity index (χ3v) is 3.19. The smallest absolute Gasteiger partial charge is 0.444 e. The maximum atomic E-state index is 12.0. The second-order valence-electron chi connectivity index (χ2n) is 6.05. The molecule has 1 aliphatic heterocycles. The molecule has 1 aromatic rings. The molecule has 5 nitrogen and oxygen atoms in total. The fourth-order valence-corrected chi connectivity index (χ4v) is 2.22. The van der Waals surface area contributed by atoms with Crippen LogP contribution in [0.4, 0.5) is 4.79 Å². The van der Waals surface area contributed by atoms with Crippen LogP contribution in [0.1, 0.15) is 31.9 Å². The van der Waals surface area contributed by atoms with Gasteiger partial charge in [0.05, 0.1) is 0 Å². The number of amides is 1. The lowest BCUT2D eigenvalue weighted by Gasteiger charge is -2.31. The Bertz CT molecular complexity index is 510. The minimum absolute atomic E-state index is 0.311. The summed E-state index contributed by atoms with van der Waals surface area (Å²) < 4.78 is 5.36. The summed E-state index contributed by atoms with van der Waals surface area (Å²) in [5.74, 6) is 0. The van der Waals surface area contributed by atoms with Gasteiger partial charge in [0.1, 0.15) is 5.60 Å². The number of nitrogens with zero attached hydrogens (tertiary/aromatic N) is 1. The van der Waals surface area contributed by atoms with Crippen molar-refractivity contribution in [3.8, 4) is 0 Å². The van der Waals surface area contributed by atoms with Crippen molar-refractivity contribution in [1.29, 1.82) is 0 Å². The van der Waals surface area contributed by atoms with E-state index < -0.39 is 12.7 Å². The Morgan fingerprint density at radius 3 is 2.60 bits per heavy atom. The topological polar surface area (TPSA) is 70.0 Å². The molecule has 0 fully saturated rings. The molecule has 20 heavy (non-hydrogen) atoms. The van der Waals surface area contributed by atoms with Crippen molar-refractivity contribution in [2.24, 2.45) is 0 Å². The summed E-state index contributed by atoms with van der Waals surface area (Å²) in [6.07, 6.45) is 0.379. The number of hydrogen-bond acceptors (Lipinski definition) is 4. The van der Waals surface area contributed by atoms with Gasteiger partial charge in [0.2, 0.25) is 0 Å². The zero-order valence-corrected chi connectivity index (χ0v) is 12.1. The van der Waals surface area contributed by atoms with Crippen LogP contribution >= 0.6 is 0 Å². The van der Waals surface area contributed by atoms with Crippen molar-refractivity contribution in [3.05, 3.63) is 29.3 Å². The molecule has 2 N–H and O–H groups in total. The first-order valence-electron chi connectivity index (χ1n) is 6.72. The molecule has 108 valence electrons. The van der Waals surface area contributed by atoms with Crippen molar-refractivity contribution in [1.82, 2.24) is 4.90 Å². The van der Waals surface area contributed by atoms with Crippen LogP contribution in [0.25, 0.3) is 0 Å². The fraction of sp³-hybridized carbons (Fsp3) is 0.500. The first-order valence-corrected chi connectivity index (χ1v) is 6.72. The van der Waals surface area contributed by atoms with E-state index in [9.17, 15) is 4.79 Å². The van der Waals surface area contributed by atoms with Crippen LogP contribution in [0.2, 0.25) is 0 Å². The van der Waals surface area contributed by atoms with Gasteiger partial charge in [-0.1, -0.05) is 18.2 Å². The summed E-state index contributed by atoms with van der Waals surface area (Å²) in [6.45, 7) is 6.60. The number of carbonyl (C=O) groups excluding carboxylic acids is 1. The molecular weight excluding hydrogens is 257 g/mol. The van der Waals surface area contributed by atoms with E-state index in [-0.39, 0.29) is 6.09 Å². The number of fused-ring (bicyclic) bond motifs is 1. The summed E-state index contributed by atoms with van der Waals surface area (Å²) in [6, 6.07) is 5.29. The van der Waals surface area contributed by atoms with E-state index in [1.807, 2.05) is 26.8 Å².